The third-order valence-corrected chi connectivity index (χ3v) is 3.67. The quantitative estimate of drug-likeness (QED) is 0.901. The van der Waals surface area contributed by atoms with Crippen LogP contribution in [-0.2, 0) is 6.54 Å². The molecule has 3 rings (SSSR count). The normalized spacial score (nSPS) is 16.4. The van der Waals surface area contributed by atoms with Gasteiger partial charge in [-0.15, -0.1) is 5.10 Å². The fourth-order valence-electron chi connectivity index (χ4n) is 2.77. The van der Waals surface area contributed by atoms with Gasteiger partial charge in [-0.25, -0.2) is 9.48 Å². The van der Waals surface area contributed by atoms with Crippen LogP contribution in [0.1, 0.15) is 36.0 Å². The SMILES string of the molecule is O=C(O)c1cccc2nnn(CC3CCCC3)c12. The molecular weight excluding hydrogens is 230 g/mol. The van der Waals surface area contributed by atoms with Gasteiger partial charge in [-0.05, 0) is 30.9 Å². The second kappa shape index (κ2) is 4.40. The van der Waals surface area contributed by atoms with Gasteiger partial charge < -0.3 is 5.11 Å². The van der Waals surface area contributed by atoms with Gasteiger partial charge >= 0.3 is 5.97 Å². The number of carboxylic acid groups (broad SMARTS) is 1. The number of aromatic carboxylic acids is 1. The van der Waals surface area contributed by atoms with Crippen molar-refractivity contribution in [2.75, 3.05) is 0 Å². The molecule has 5 heteroatoms. The molecule has 1 aliphatic rings. The van der Waals surface area contributed by atoms with E-state index in [4.69, 9.17) is 0 Å². The molecule has 1 aromatic carbocycles. The predicted octanol–water partition coefficient (Wildman–Crippen LogP) is 2.32. The van der Waals surface area contributed by atoms with Crippen LogP contribution in [0.15, 0.2) is 18.2 Å². The summed E-state index contributed by atoms with van der Waals surface area (Å²) in [5.41, 5.74) is 1.60. The van der Waals surface area contributed by atoms with E-state index in [-0.39, 0.29) is 5.56 Å². The average Bonchev–Trinajstić information content (AvgIpc) is 2.99. The Kier molecular flexibility index (Phi) is 2.74. The Morgan fingerprint density at radius 3 is 2.89 bits per heavy atom. The Balaban J connectivity index is 2.03. The molecule has 1 aliphatic carbocycles. The molecule has 0 amide bonds. The Morgan fingerprint density at radius 2 is 2.17 bits per heavy atom. The monoisotopic (exact) mass is 245 g/mol. The van der Waals surface area contributed by atoms with Crippen LogP contribution >= 0.6 is 0 Å². The zero-order valence-corrected chi connectivity index (χ0v) is 10.0. The highest BCUT2D eigenvalue weighted by atomic mass is 16.4. The van der Waals surface area contributed by atoms with Gasteiger partial charge in [0.25, 0.3) is 0 Å². The van der Waals surface area contributed by atoms with E-state index < -0.39 is 5.97 Å². The molecule has 18 heavy (non-hydrogen) atoms. The number of fused-ring (bicyclic) bond motifs is 1. The highest BCUT2D eigenvalue weighted by molar-refractivity contribution is 6.00. The third-order valence-electron chi connectivity index (χ3n) is 3.67. The summed E-state index contributed by atoms with van der Waals surface area (Å²) in [5, 5.41) is 17.4. The molecule has 0 radical (unpaired) electrons. The van der Waals surface area contributed by atoms with E-state index in [1.165, 1.54) is 25.7 Å². The summed E-state index contributed by atoms with van der Waals surface area (Å²) in [4.78, 5) is 11.2. The van der Waals surface area contributed by atoms with Crippen molar-refractivity contribution in [1.29, 1.82) is 0 Å². The van der Waals surface area contributed by atoms with E-state index >= 15 is 0 Å². The molecule has 1 saturated carbocycles. The molecule has 0 aliphatic heterocycles. The summed E-state index contributed by atoms with van der Waals surface area (Å²) >= 11 is 0. The Labute approximate surface area is 104 Å². The number of benzene rings is 1. The summed E-state index contributed by atoms with van der Waals surface area (Å²) in [6.45, 7) is 0.779. The summed E-state index contributed by atoms with van der Waals surface area (Å²) in [6, 6.07) is 5.12. The summed E-state index contributed by atoms with van der Waals surface area (Å²) in [7, 11) is 0. The number of carbonyl (C=O) groups is 1. The van der Waals surface area contributed by atoms with E-state index in [1.54, 1.807) is 22.9 Å². The maximum atomic E-state index is 11.2. The van der Waals surface area contributed by atoms with Gasteiger partial charge in [0.2, 0.25) is 0 Å². The van der Waals surface area contributed by atoms with Gasteiger partial charge in [-0.1, -0.05) is 24.1 Å². The fraction of sp³-hybridized carbons (Fsp3) is 0.462. The molecule has 0 unspecified atom stereocenters. The lowest BCUT2D eigenvalue weighted by Gasteiger charge is -2.09. The molecule has 0 spiro atoms. The number of para-hydroxylation sites is 1. The predicted molar refractivity (Wildman–Crippen MR) is 66.4 cm³/mol. The molecular formula is C13H15N3O2. The van der Waals surface area contributed by atoms with E-state index in [0.717, 1.165) is 6.54 Å². The average molecular weight is 245 g/mol. The highest BCUT2D eigenvalue weighted by Gasteiger charge is 2.19. The van der Waals surface area contributed by atoms with Crippen LogP contribution in [-0.4, -0.2) is 26.1 Å². The molecule has 1 aromatic heterocycles. The first-order valence-electron chi connectivity index (χ1n) is 6.31. The molecule has 94 valence electrons. The maximum Gasteiger partial charge on any atom is 0.337 e. The number of hydrogen-bond donors (Lipinski definition) is 1. The highest BCUT2D eigenvalue weighted by Crippen LogP contribution is 2.27. The smallest absolute Gasteiger partial charge is 0.337 e. The molecule has 2 aromatic rings. The Bertz CT molecular complexity index is 585. The second-order valence-electron chi connectivity index (χ2n) is 4.90. The number of rotatable bonds is 3. The van der Waals surface area contributed by atoms with Crippen LogP contribution in [0.2, 0.25) is 0 Å². The van der Waals surface area contributed by atoms with Gasteiger partial charge in [0.05, 0.1) is 5.56 Å². The Morgan fingerprint density at radius 1 is 1.39 bits per heavy atom. The minimum atomic E-state index is -0.921. The zero-order valence-electron chi connectivity index (χ0n) is 10.0. The number of hydrogen-bond acceptors (Lipinski definition) is 3. The van der Waals surface area contributed by atoms with Gasteiger partial charge in [0, 0.05) is 6.54 Å². The molecule has 1 fully saturated rings. The topological polar surface area (TPSA) is 68.0 Å². The fourth-order valence-corrected chi connectivity index (χ4v) is 2.77. The van der Waals surface area contributed by atoms with Crippen molar-refractivity contribution in [2.45, 2.75) is 32.2 Å². The summed E-state index contributed by atoms with van der Waals surface area (Å²) in [6.07, 6.45) is 4.94. The van der Waals surface area contributed by atoms with Gasteiger partial charge in [0.1, 0.15) is 11.0 Å². The van der Waals surface area contributed by atoms with Crippen LogP contribution in [0.3, 0.4) is 0 Å². The van der Waals surface area contributed by atoms with E-state index in [1.807, 2.05) is 0 Å². The number of aromatic nitrogens is 3. The van der Waals surface area contributed by atoms with Gasteiger partial charge in [-0.3, -0.25) is 0 Å². The first-order chi connectivity index (χ1) is 8.75. The minimum absolute atomic E-state index is 0.287. The van der Waals surface area contributed by atoms with Crippen LogP contribution in [0.5, 0.6) is 0 Å². The first-order valence-corrected chi connectivity index (χ1v) is 6.31. The van der Waals surface area contributed by atoms with Crippen molar-refractivity contribution < 1.29 is 9.90 Å². The van der Waals surface area contributed by atoms with Crippen LogP contribution in [0.25, 0.3) is 11.0 Å². The summed E-state index contributed by atoms with van der Waals surface area (Å²) < 4.78 is 1.76. The van der Waals surface area contributed by atoms with Gasteiger partial charge in [0.15, 0.2) is 0 Å². The van der Waals surface area contributed by atoms with Crippen molar-refractivity contribution in [3.05, 3.63) is 23.8 Å². The molecule has 0 atom stereocenters. The minimum Gasteiger partial charge on any atom is -0.478 e. The zero-order chi connectivity index (χ0) is 12.5. The molecule has 0 saturated heterocycles. The van der Waals surface area contributed by atoms with Crippen LogP contribution in [0, 0.1) is 5.92 Å². The molecule has 5 nitrogen and oxygen atoms in total. The Hall–Kier alpha value is -1.91. The van der Waals surface area contributed by atoms with Crippen molar-refractivity contribution in [2.24, 2.45) is 5.92 Å². The molecule has 0 bridgehead atoms. The third kappa shape index (κ3) is 1.85. The lowest BCUT2D eigenvalue weighted by Crippen LogP contribution is -2.11. The lowest BCUT2D eigenvalue weighted by atomic mass is 10.1. The first kappa shape index (κ1) is 11.2. The van der Waals surface area contributed by atoms with Crippen molar-refractivity contribution in [3.63, 3.8) is 0 Å². The standard InChI is InChI=1S/C13H15N3O2/c17-13(18)10-6-3-7-11-12(10)16(15-14-11)8-9-4-1-2-5-9/h3,6-7,9H,1-2,4-5,8H2,(H,17,18). The van der Waals surface area contributed by atoms with E-state index in [0.29, 0.717) is 17.0 Å². The van der Waals surface area contributed by atoms with E-state index in [9.17, 15) is 9.90 Å². The lowest BCUT2D eigenvalue weighted by molar-refractivity contribution is 0.0698. The molecule has 1 N–H and O–H groups in total. The van der Waals surface area contributed by atoms with Crippen LogP contribution < -0.4 is 0 Å². The van der Waals surface area contributed by atoms with Gasteiger partial charge in [-0.2, -0.15) is 0 Å². The number of nitrogens with zero attached hydrogens (tertiary/aromatic N) is 3. The second-order valence-corrected chi connectivity index (χ2v) is 4.90. The van der Waals surface area contributed by atoms with Crippen LogP contribution in [0.4, 0.5) is 0 Å². The largest absolute Gasteiger partial charge is 0.478 e. The van der Waals surface area contributed by atoms with Crippen molar-refractivity contribution in [1.82, 2.24) is 15.0 Å². The van der Waals surface area contributed by atoms with Crippen molar-refractivity contribution in [3.8, 4) is 0 Å². The van der Waals surface area contributed by atoms with E-state index in [2.05, 4.69) is 10.3 Å². The van der Waals surface area contributed by atoms with Crippen molar-refractivity contribution >= 4 is 17.0 Å². The maximum absolute atomic E-state index is 11.2. The number of carboxylic acids is 1. The molecule has 1 heterocycles. The summed E-state index contributed by atoms with van der Waals surface area (Å²) in [5.74, 6) is -0.313.